The number of hydrogen-bond donors (Lipinski definition) is 5. The van der Waals surface area contributed by atoms with Crippen molar-refractivity contribution < 1.29 is 72.5 Å². The van der Waals surface area contributed by atoms with Crippen molar-refractivity contribution in [3.63, 3.8) is 0 Å². The second-order valence-corrected chi connectivity index (χ2v) is 16.3. The summed E-state index contributed by atoms with van der Waals surface area (Å²) >= 11 is 0. The Morgan fingerprint density at radius 3 is 2.10 bits per heavy atom. The van der Waals surface area contributed by atoms with E-state index in [0.717, 1.165) is 9.87 Å². The first-order chi connectivity index (χ1) is 28.9. The molecule has 2 aromatic heterocycles. The van der Waals surface area contributed by atoms with E-state index in [4.69, 9.17) is 49.4 Å². The van der Waals surface area contributed by atoms with Gasteiger partial charge in [-0.1, -0.05) is 51.5 Å². The largest absolute Gasteiger partial charge is 0.510 e. The van der Waals surface area contributed by atoms with E-state index in [0.29, 0.717) is 12.8 Å². The van der Waals surface area contributed by atoms with Crippen LogP contribution in [0.25, 0.3) is 11.6 Å². The quantitative estimate of drug-likeness (QED) is 0.0268. The predicted octanol–water partition coefficient (Wildman–Crippen LogP) is 5.44. The van der Waals surface area contributed by atoms with E-state index in [-0.39, 0.29) is 71.1 Å². The van der Waals surface area contributed by atoms with Crippen LogP contribution in [-0.4, -0.2) is 117 Å². The number of anilines is 1. The first-order valence-electron chi connectivity index (χ1n) is 18.8. The van der Waals surface area contributed by atoms with Crippen LogP contribution in [0.2, 0.25) is 0 Å². The van der Waals surface area contributed by atoms with Gasteiger partial charge in [-0.3, -0.25) is 20.8 Å². The average molecular weight is 878 g/mol. The fourth-order valence-electron chi connectivity index (χ4n) is 5.63. The van der Waals surface area contributed by atoms with E-state index < -0.39 is 57.8 Å². The molecule has 1 atom stereocenters. The van der Waals surface area contributed by atoms with Gasteiger partial charge in [-0.15, -0.1) is 0 Å². The maximum Gasteiger partial charge on any atom is 0.510 e. The number of methoxy groups -OCH3 is 1. The molecular weight excluding hydrogens is 827 g/mol. The van der Waals surface area contributed by atoms with Gasteiger partial charge in [0.15, 0.2) is 28.9 Å². The number of aromatic nitrogens is 4. The molecule has 5 N–H and O–H groups in total. The molecule has 0 aliphatic rings. The van der Waals surface area contributed by atoms with Crippen molar-refractivity contribution in [2.24, 2.45) is 0 Å². The first-order valence-corrected chi connectivity index (χ1v) is 20.2. The van der Waals surface area contributed by atoms with Gasteiger partial charge in [0.25, 0.3) is 15.9 Å². The molecule has 2 heterocycles. The molecule has 0 fully saturated rings. The van der Waals surface area contributed by atoms with E-state index in [1.165, 1.54) is 45.5 Å². The molecule has 4 rings (SSSR count). The lowest BCUT2D eigenvalue weighted by molar-refractivity contribution is -0.527. The van der Waals surface area contributed by atoms with Crippen LogP contribution in [0.3, 0.4) is 0 Å². The summed E-state index contributed by atoms with van der Waals surface area (Å²) in [5.41, 5.74) is -1.65. The molecule has 23 heteroatoms. The average Bonchev–Trinajstić information content (AvgIpc) is 3.20. The van der Waals surface area contributed by atoms with Crippen molar-refractivity contribution in [1.29, 1.82) is 0 Å². The number of ether oxygens (including phenoxy) is 5. The molecule has 1 unspecified atom stereocenters. The van der Waals surface area contributed by atoms with Crippen molar-refractivity contribution in [1.82, 2.24) is 30.7 Å². The summed E-state index contributed by atoms with van der Waals surface area (Å²) in [4.78, 5) is 39.9. The smallest absolute Gasteiger partial charge is 0.493 e. The lowest BCUT2D eigenvalue weighted by atomic mass is 9.87. The molecule has 2 aromatic carbocycles. The van der Waals surface area contributed by atoms with Crippen LogP contribution >= 0.6 is 0 Å². The van der Waals surface area contributed by atoms with Gasteiger partial charge in [-0.2, -0.15) is 4.98 Å². The second kappa shape index (κ2) is 22.0. The van der Waals surface area contributed by atoms with E-state index >= 15 is 8.42 Å². The number of rotatable bonds is 23. The topological polar surface area (TPSA) is 278 Å². The van der Waals surface area contributed by atoms with Crippen LogP contribution in [0.15, 0.2) is 71.9 Å². The highest BCUT2D eigenvalue weighted by atomic mass is 32.2. The molecule has 0 saturated heterocycles. The normalized spacial score (nSPS) is 12.6. The maximum absolute atomic E-state index is 15.1. The Balaban J connectivity index is 1.78. The van der Waals surface area contributed by atoms with Gasteiger partial charge in [0.05, 0.1) is 36.0 Å². The van der Waals surface area contributed by atoms with Crippen molar-refractivity contribution in [3.8, 4) is 34.8 Å². The number of hydrogen-bond acceptors (Lipinski definition) is 21. The third kappa shape index (κ3) is 13.8. The van der Waals surface area contributed by atoms with Gasteiger partial charge in [0.1, 0.15) is 19.3 Å². The number of unbranched alkanes of at least 4 members (excludes halogenated alkanes) is 2. The summed E-state index contributed by atoms with van der Waals surface area (Å²) < 4.78 is 59.8. The Morgan fingerprint density at radius 2 is 1.49 bits per heavy atom. The zero-order valence-corrected chi connectivity index (χ0v) is 35.3. The molecule has 0 bridgehead atoms. The molecule has 0 aliphatic carbocycles. The zero-order valence-electron chi connectivity index (χ0n) is 34.4. The van der Waals surface area contributed by atoms with E-state index in [9.17, 15) is 9.90 Å². The summed E-state index contributed by atoms with van der Waals surface area (Å²) in [6.45, 7) is 7.10. The number of nitrogens with zero attached hydrogens (tertiary/aromatic N) is 7. The molecule has 0 saturated carbocycles. The van der Waals surface area contributed by atoms with E-state index in [1.54, 1.807) is 42.5 Å². The highest BCUT2D eigenvalue weighted by Gasteiger charge is 2.45. The first kappa shape index (κ1) is 48.3. The third-order valence-corrected chi connectivity index (χ3v) is 10.4. The Bertz CT molecular complexity index is 2110. The van der Waals surface area contributed by atoms with Crippen molar-refractivity contribution in [2.45, 2.75) is 82.4 Å². The Kier molecular flexibility index (Phi) is 17.4. The second-order valence-electron chi connectivity index (χ2n) is 14.5. The minimum Gasteiger partial charge on any atom is -0.493 e. The standard InChI is InChI=1S/C38H51N7O15S/c1-37(2,3)26-16-18-28(19-17-26)61(52,53)43(38(4,5)59-36(47)56-23-11-7-8-13-27(60-45(50)51)25-57-44(48)49)34-31(58-30-15-10-9-14-29(30)54-6)35(55-24-22-46)42-33(41-34)32-39-20-12-21-40-32/h9-10,12,14-21,27,46,48-51H,7-8,11,13,22-25H2,1-6H3. The number of aliphatic hydroxyl groups is 1. The SMILES string of the molecule is COc1ccccc1Oc1c(OCCO)nc(-c2ncccn2)nc1N(C(C)(C)OC(=O)OCCCCCC(CON(O)O)ON(O)O)S(=O)(=O)c1ccc(C(C)(C)C)cc1. The van der Waals surface area contributed by atoms with Crippen LogP contribution in [0.5, 0.6) is 23.1 Å². The highest BCUT2D eigenvalue weighted by molar-refractivity contribution is 7.92. The van der Waals surface area contributed by atoms with Crippen molar-refractivity contribution in [3.05, 3.63) is 72.6 Å². The molecular formula is C38H51N7O15S. The van der Waals surface area contributed by atoms with Crippen LogP contribution < -0.4 is 18.5 Å². The summed E-state index contributed by atoms with van der Waals surface area (Å²) in [5.74, 6) is -1.10. The number of benzene rings is 2. The molecule has 0 aliphatic heterocycles. The number of carbonyl (C=O) groups is 1. The highest BCUT2D eigenvalue weighted by Crippen LogP contribution is 2.46. The molecule has 61 heavy (non-hydrogen) atoms. The van der Waals surface area contributed by atoms with E-state index in [2.05, 4.69) is 24.8 Å². The number of carbonyl (C=O) groups excluding carboxylic acids is 1. The maximum atomic E-state index is 15.1. The van der Waals surface area contributed by atoms with Crippen molar-refractivity contribution in [2.75, 3.05) is 37.8 Å². The zero-order chi connectivity index (χ0) is 44.8. The monoisotopic (exact) mass is 877 g/mol. The van der Waals surface area contributed by atoms with E-state index in [1.807, 2.05) is 20.8 Å². The summed E-state index contributed by atoms with van der Waals surface area (Å²) in [6, 6.07) is 14.2. The van der Waals surface area contributed by atoms with Crippen molar-refractivity contribution >= 4 is 22.0 Å². The fraction of sp³-hybridized carbons (Fsp3) is 0.447. The van der Waals surface area contributed by atoms with Gasteiger partial charge in [0.2, 0.25) is 11.6 Å². The van der Waals surface area contributed by atoms with Crippen LogP contribution in [0.4, 0.5) is 10.6 Å². The Hall–Kier alpha value is -5.34. The minimum absolute atomic E-state index is 0.0364. The summed E-state index contributed by atoms with van der Waals surface area (Å²) in [5, 5.41) is 44.2. The third-order valence-electron chi connectivity index (χ3n) is 8.48. The molecule has 0 spiro atoms. The fourth-order valence-corrected chi connectivity index (χ4v) is 7.29. The molecule has 22 nitrogen and oxygen atoms in total. The number of sulfonamides is 1. The van der Waals surface area contributed by atoms with Gasteiger partial charge in [0, 0.05) is 12.4 Å². The van der Waals surface area contributed by atoms with Crippen LogP contribution in [0.1, 0.15) is 65.9 Å². The van der Waals surface area contributed by atoms with Gasteiger partial charge >= 0.3 is 6.16 Å². The van der Waals surface area contributed by atoms with Crippen LogP contribution in [-0.2, 0) is 34.6 Å². The number of para-hydroxylation sites is 2. The minimum atomic E-state index is -4.79. The predicted molar refractivity (Wildman–Crippen MR) is 210 cm³/mol. The number of aliphatic hydroxyl groups excluding tert-OH is 1. The van der Waals surface area contributed by atoms with Gasteiger partial charge in [-0.25, -0.2) is 42.1 Å². The Morgan fingerprint density at radius 1 is 0.820 bits per heavy atom. The van der Waals surface area contributed by atoms with Gasteiger partial charge in [-0.05, 0) is 74.4 Å². The molecule has 0 radical (unpaired) electrons. The molecule has 334 valence electrons. The molecule has 4 aromatic rings. The van der Waals surface area contributed by atoms with Crippen LogP contribution in [0, 0.1) is 0 Å². The summed E-state index contributed by atoms with van der Waals surface area (Å²) in [6.07, 6.45) is 1.81. The molecule has 0 amide bonds. The Labute approximate surface area is 352 Å². The van der Waals surface area contributed by atoms with Gasteiger partial charge < -0.3 is 28.8 Å². The lowest BCUT2D eigenvalue weighted by Gasteiger charge is -2.37. The summed E-state index contributed by atoms with van der Waals surface area (Å²) in [7, 11) is -3.38. The lowest BCUT2D eigenvalue weighted by Crippen LogP contribution is -2.51.